The third-order valence-corrected chi connectivity index (χ3v) is 3.03. The molecule has 2 aromatic rings. The maximum atomic E-state index is 13.6. The standard InChI is InChI=1S/C13H7BrF2N2O3/c14-7-5-10(15)12(11(16)6-7)13(19)17-8-1-3-9(4-2-8)18(20)21/h1-6H,(H,17,19). The van der Waals surface area contributed by atoms with Crippen LogP contribution in [-0.4, -0.2) is 10.8 Å². The molecule has 1 amide bonds. The molecular formula is C13H7BrF2N2O3. The van der Waals surface area contributed by atoms with Gasteiger partial charge in [0.05, 0.1) is 4.92 Å². The molecule has 8 heteroatoms. The third kappa shape index (κ3) is 3.40. The molecule has 0 unspecified atom stereocenters. The first-order valence-corrected chi connectivity index (χ1v) is 6.38. The highest BCUT2D eigenvalue weighted by Gasteiger charge is 2.18. The van der Waals surface area contributed by atoms with Crippen molar-refractivity contribution in [3.8, 4) is 0 Å². The Hall–Kier alpha value is -2.35. The number of amides is 1. The van der Waals surface area contributed by atoms with Crippen LogP contribution in [-0.2, 0) is 0 Å². The molecular weight excluding hydrogens is 350 g/mol. The van der Waals surface area contributed by atoms with Gasteiger partial charge in [-0.05, 0) is 24.3 Å². The van der Waals surface area contributed by atoms with Crippen LogP contribution in [0.4, 0.5) is 20.2 Å². The summed E-state index contributed by atoms with van der Waals surface area (Å²) in [5.41, 5.74) is -0.696. The molecule has 0 atom stereocenters. The van der Waals surface area contributed by atoms with Crippen molar-refractivity contribution in [3.63, 3.8) is 0 Å². The van der Waals surface area contributed by atoms with Crippen LogP contribution in [0.5, 0.6) is 0 Å². The summed E-state index contributed by atoms with van der Waals surface area (Å²) < 4.78 is 27.4. The number of non-ortho nitro benzene ring substituents is 1. The molecule has 0 saturated carbocycles. The van der Waals surface area contributed by atoms with Gasteiger partial charge < -0.3 is 5.32 Å². The lowest BCUT2D eigenvalue weighted by atomic mass is 10.1. The van der Waals surface area contributed by atoms with Crippen molar-refractivity contribution in [2.75, 3.05) is 5.32 Å². The van der Waals surface area contributed by atoms with Gasteiger partial charge in [-0.1, -0.05) is 15.9 Å². The van der Waals surface area contributed by atoms with E-state index in [1.165, 1.54) is 24.3 Å². The summed E-state index contributed by atoms with van der Waals surface area (Å²) in [6.07, 6.45) is 0. The Kier molecular flexibility index (Phi) is 4.27. The fraction of sp³-hybridized carbons (Fsp3) is 0. The molecule has 0 heterocycles. The minimum atomic E-state index is -1.01. The van der Waals surface area contributed by atoms with Crippen LogP contribution < -0.4 is 5.32 Å². The number of nitro groups is 1. The molecule has 0 aliphatic rings. The van der Waals surface area contributed by atoms with Crippen molar-refractivity contribution in [2.24, 2.45) is 0 Å². The summed E-state index contributed by atoms with van der Waals surface area (Å²) in [7, 11) is 0. The van der Waals surface area contributed by atoms with Crippen LogP contribution in [0.1, 0.15) is 10.4 Å². The van der Waals surface area contributed by atoms with Crippen molar-refractivity contribution in [3.05, 3.63) is 68.2 Å². The van der Waals surface area contributed by atoms with Crippen LogP contribution in [0.3, 0.4) is 0 Å². The summed E-state index contributed by atoms with van der Waals surface area (Å²) >= 11 is 2.91. The molecule has 0 saturated heterocycles. The van der Waals surface area contributed by atoms with Crippen molar-refractivity contribution in [1.82, 2.24) is 0 Å². The van der Waals surface area contributed by atoms with Gasteiger partial charge in [-0.15, -0.1) is 0 Å². The molecule has 0 aromatic heterocycles. The fourth-order valence-corrected chi connectivity index (χ4v) is 2.02. The van der Waals surface area contributed by atoms with E-state index < -0.39 is 28.0 Å². The Bertz CT molecular complexity index is 697. The predicted molar refractivity (Wildman–Crippen MR) is 75.1 cm³/mol. The van der Waals surface area contributed by atoms with Crippen LogP contribution in [0, 0.1) is 21.7 Å². The molecule has 2 aromatic carbocycles. The molecule has 108 valence electrons. The smallest absolute Gasteiger partial charge is 0.269 e. The normalized spacial score (nSPS) is 10.2. The Labute approximate surface area is 125 Å². The lowest BCUT2D eigenvalue weighted by molar-refractivity contribution is -0.384. The van der Waals surface area contributed by atoms with E-state index in [-0.39, 0.29) is 15.8 Å². The number of hydrogen-bond acceptors (Lipinski definition) is 3. The lowest BCUT2D eigenvalue weighted by Gasteiger charge is -2.07. The zero-order valence-electron chi connectivity index (χ0n) is 10.3. The fourth-order valence-electron chi connectivity index (χ4n) is 1.62. The van der Waals surface area contributed by atoms with Crippen molar-refractivity contribution >= 4 is 33.2 Å². The van der Waals surface area contributed by atoms with Crippen LogP contribution in [0.15, 0.2) is 40.9 Å². The molecule has 0 aliphatic heterocycles. The largest absolute Gasteiger partial charge is 0.322 e. The number of halogens is 3. The summed E-state index contributed by atoms with van der Waals surface area (Å²) in [4.78, 5) is 21.7. The van der Waals surface area contributed by atoms with E-state index in [1.54, 1.807) is 0 Å². The number of benzene rings is 2. The molecule has 0 radical (unpaired) electrons. The van der Waals surface area contributed by atoms with Gasteiger partial charge in [-0.25, -0.2) is 8.78 Å². The molecule has 5 nitrogen and oxygen atoms in total. The number of rotatable bonds is 3. The zero-order chi connectivity index (χ0) is 15.6. The second kappa shape index (κ2) is 5.96. The summed E-state index contributed by atoms with van der Waals surface area (Å²) in [5.74, 6) is -3.01. The summed E-state index contributed by atoms with van der Waals surface area (Å²) in [5, 5.41) is 12.8. The Morgan fingerprint density at radius 2 is 1.67 bits per heavy atom. The summed E-state index contributed by atoms with van der Waals surface area (Å²) in [6.45, 7) is 0. The van der Waals surface area contributed by atoms with E-state index in [9.17, 15) is 23.7 Å². The van der Waals surface area contributed by atoms with Crippen molar-refractivity contribution in [1.29, 1.82) is 0 Å². The Balaban J connectivity index is 2.24. The maximum Gasteiger partial charge on any atom is 0.269 e. The molecule has 2 rings (SSSR count). The van der Waals surface area contributed by atoms with E-state index in [1.807, 2.05) is 0 Å². The number of hydrogen-bond donors (Lipinski definition) is 1. The van der Waals surface area contributed by atoms with Crippen LogP contribution in [0.25, 0.3) is 0 Å². The van der Waals surface area contributed by atoms with Gasteiger partial charge in [0.15, 0.2) is 0 Å². The monoisotopic (exact) mass is 356 g/mol. The molecule has 0 spiro atoms. The van der Waals surface area contributed by atoms with Gasteiger partial charge >= 0.3 is 0 Å². The van der Waals surface area contributed by atoms with Gasteiger partial charge in [0.25, 0.3) is 11.6 Å². The van der Waals surface area contributed by atoms with Crippen molar-refractivity contribution < 1.29 is 18.5 Å². The van der Waals surface area contributed by atoms with Gasteiger partial charge in [-0.2, -0.15) is 0 Å². The number of carbonyl (C=O) groups is 1. The lowest BCUT2D eigenvalue weighted by Crippen LogP contribution is -2.16. The molecule has 0 bridgehead atoms. The predicted octanol–water partition coefficient (Wildman–Crippen LogP) is 3.89. The molecule has 0 fully saturated rings. The number of anilines is 1. The van der Waals surface area contributed by atoms with Crippen LogP contribution >= 0.6 is 15.9 Å². The van der Waals surface area contributed by atoms with E-state index in [0.717, 1.165) is 12.1 Å². The topological polar surface area (TPSA) is 72.2 Å². The van der Waals surface area contributed by atoms with Crippen LogP contribution in [0.2, 0.25) is 0 Å². The first-order valence-electron chi connectivity index (χ1n) is 5.59. The third-order valence-electron chi connectivity index (χ3n) is 2.57. The van der Waals surface area contributed by atoms with E-state index in [4.69, 9.17) is 0 Å². The number of nitro benzene ring substituents is 1. The molecule has 21 heavy (non-hydrogen) atoms. The number of nitrogens with one attached hydrogen (secondary N) is 1. The second-order valence-electron chi connectivity index (χ2n) is 4.00. The first kappa shape index (κ1) is 15.0. The summed E-state index contributed by atoms with van der Waals surface area (Å²) in [6, 6.07) is 6.81. The maximum absolute atomic E-state index is 13.6. The quantitative estimate of drug-likeness (QED) is 0.669. The molecule has 0 aliphatic carbocycles. The van der Waals surface area contributed by atoms with Gasteiger partial charge in [0.2, 0.25) is 0 Å². The minimum Gasteiger partial charge on any atom is -0.322 e. The molecule has 1 N–H and O–H groups in total. The van der Waals surface area contributed by atoms with E-state index >= 15 is 0 Å². The Morgan fingerprint density at radius 3 is 2.14 bits per heavy atom. The van der Waals surface area contributed by atoms with Gasteiger partial charge in [0.1, 0.15) is 17.2 Å². The second-order valence-corrected chi connectivity index (χ2v) is 4.92. The van der Waals surface area contributed by atoms with E-state index in [2.05, 4.69) is 21.2 Å². The average molecular weight is 357 g/mol. The zero-order valence-corrected chi connectivity index (χ0v) is 11.9. The Morgan fingerprint density at radius 1 is 1.14 bits per heavy atom. The van der Waals surface area contributed by atoms with Gasteiger partial charge in [-0.3, -0.25) is 14.9 Å². The minimum absolute atomic E-state index is 0.158. The van der Waals surface area contributed by atoms with Crippen molar-refractivity contribution in [2.45, 2.75) is 0 Å². The average Bonchev–Trinajstić information content (AvgIpc) is 2.37. The highest BCUT2D eigenvalue weighted by atomic mass is 79.9. The van der Waals surface area contributed by atoms with E-state index in [0.29, 0.717) is 0 Å². The first-order chi connectivity index (χ1) is 9.88. The van der Waals surface area contributed by atoms with Gasteiger partial charge in [0, 0.05) is 22.3 Å². The SMILES string of the molecule is O=C(Nc1ccc([N+](=O)[O-])cc1)c1c(F)cc(Br)cc1F. The number of carbonyl (C=O) groups excluding carboxylic acids is 1. The number of nitrogens with zero attached hydrogens (tertiary/aromatic N) is 1. The highest BCUT2D eigenvalue weighted by molar-refractivity contribution is 9.10. The highest BCUT2D eigenvalue weighted by Crippen LogP contribution is 2.21.